The Morgan fingerprint density at radius 3 is 2.72 bits per heavy atom. The fraction of sp³-hybridized carbons (Fsp3) is 0.533. The third kappa shape index (κ3) is 2.50. The Balaban J connectivity index is 2.27. The number of benzene rings is 1. The Hall–Kier alpha value is -1.51. The van der Waals surface area contributed by atoms with E-state index in [2.05, 4.69) is 26.1 Å². The molecule has 1 unspecified atom stereocenters. The van der Waals surface area contributed by atoms with Crippen LogP contribution in [0.1, 0.15) is 36.7 Å². The second-order valence-electron chi connectivity index (χ2n) is 6.01. The van der Waals surface area contributed by atoms with Gasteiger partial charge in [-0.05, 0) is 41.5 Å². The van der Waals surface area contributed by atoms with Gasteiger partial charge in [0, 0.05) is 12.2 Å². The summed E-state index contributed by atoms with van der Waals surface area (Å²) in [6, 6.07) is 5.74. The lowest BCUT2D eigenvalue weighted by molar-refractivity contribution is 0.0600. The third-order valence-electron chi connectivity index (χ3n) is 3.76. The first kappa shape index (κ1) is 12.9. The SMILES string of the molecule is COC(=O)c1ccc2c(c1)CC(C(C)(C)C)CN2. The van der Waals surface area contributed by atoms with Crippen molar-refractivity contribution < 1.29 is 9.53 Å². The first-order chi connectivity index (χ1) is 8.41. The van der Waals surface area contributed by atoms with E-state index in [1.54, 1.807) is 0 Å². The van der Waals surface area contributed by atoms with Gasteiger partial charge in [-0.3, -0.25) is 0 Å². The zero-order valence-corrected chi connectivity index (χ0v) is 11.5. The summed E-state index contributed by atoms with van der Waals surface area (Å²) < 4.78 is 4.76. The maximum Gasteiger partial charge on any atom is 0.337 e. The number of hydrogen-bond donors (Lipinski definition) is 1. The summed E-state index contributed by atoms with van der Waals surface area (Å²) in [4.78, 5) is 11.5. The van der Waals surface area contributed by atoms with E-state index in [0.717, 1.165) is 18.7 Å². The topological polar surface area (TPSA) is 38.3 Å². The van der Waals surface area contributed by atoms with Gasteiger partial charge in [-0.2, -0.15) is 0 Å². The first-order valence-electron chi connectivity index (χ1n) is 6.37. The van der Waals surface area contributed by atoms with Crippen molar-refractivity contribution in [1.82, 2.24) is 0 Å². The smallest absolute Gasteiger partial charge is 0.337 e. The van der Waals surface area contributed by atoms with E-state index in [0.29, 0.717) is 11.5 Å². The summed E-state index contributed by atoms with van der Waals surface area (Å²) in [5.41, 5.74) is 3.26. The predicted molar refractivity (Wildman–Crippen MR) is 72.9 cm³/mol. The molecular formula is C15H21NO2. The van der Waals surface area contributed by atoms with Crippen LogP contribution in [0.5, 0.6) is 0 Å². The number of methoxy groups -OCH3 is 1. The summed E-state index contributed by atoms with van der Waals surface area (Å²) in [6.45, 7) is 7.77. The minimum absolute atomic E-state index is 0.268. The second kappa shape index (κ2) is 4.63. The predicted octanol–water partition coefficient (Wildman–Crippen LogP) is 3.10. The standard InChI is InChI=1S/C15H21NO2/c1-15(2,3)12-8-11-7-10(14(17)18-4)5-6-13(11)16-9-12/h5-7,12,16H,8-9H2,1-4H3. The molecule has 0 radical (unpaired) electrons. The number of fused-ring (bicyclic) bond motifs is 1. The van der Waals surface area contributed by atoms with Crippen LogP contribution in [0.15, 0.2) is 18.2 Å². The van der Waals surface area contributed by atoms with Crippen molar-refractivity contribution >= 4 is 11.7 Å². The number of carbonyl (C=O) groups excluding carboxylic acids is 1. The zero-order valence-electron chi connectivity index (χ0n) is 11.5. The number of carbonyl (C=O) groups is 1. The van der Waals surface area contributed by atoms with Crippen LogP contribution in [0.3, 0.4) is 0 Å². The molecule has 3 heteroatoms. The van der Waals surface area contributed by atoms with Crippen molar-refractivity contribution in [1.29, 1.82) is 0 Å². The molecule has 0 saturated heterocycles. The highest BCUT2D eigenvalue weighted by Gasteiger charge is 2.28. The quantitative estimate of drug-likeness (QED) is 0.775. The molecule has 18 heavy (non-hydrogen) atoms. The van der Waals surface area contributed by atoms with Gasteiger partial charge in [-0.25, -0.2) is 4.79 Å². The highest BCUT2D eigenvalue weighted by molar-refractivity contribution is 5.90. The van der Waals surface area contributed by atoms with Crippen molar-refractivity contribution in [2.45, 2.75) is 27.2 Å². The van der Waals surface area contributed by atoms with Gasteiger partial charge in [0.25, 0.3) is 0 Å². The van der Waals surface area contributed by atoms with Gasteiger partial charge in [0.05, 0.1) is 12.7 Å². The van der Waals surface area contributed by atoms with Crippen molar-refractivity contribution in [3.8, 4) is 0 Å². The van der Waals surface area contributed by atoms with Gasteiger partial charge in [-0.1, -0.05) is 20.8 Å². The minimum Gasteiger partial charge on any atom is -0.465 e. The van der Waals surface area contributed by atoms with Crippen LogP contribution in [-0.2, 0) is 11.2 Å². The summed E-state index contributed by atoms with van der Waals surface area (Å²) in [5.74, 6) is 0.313. The van der Waals surface area contributed by atoms with E-state index >= 15 is 0 Å². The van der Waals surface area contributed by atoms with Crippen molar-refractivity contribution in [2.24, 2.45) is 11.3 Å². The van der Waals surface area contributed by atoms with Crippen molar-refractivity contribution in [2.75, 3.05) is 19.0 Å². The fourth-order valence-corrected chi connectivity index (χ4v) is 2.36. The van der Waals surface area contributed by atoms with Crippen LogP contribution in [-0.4, -0.2) is 19.6 Å². The summed E-state index contributed by atoms with van der Waals surface area (Å²) in [7, 11) is 1.41. The third-order valence-corrected chi connectivity index (χ3v) is 3.76. The van der Waals surface area contributed by atoms with Crippen LogP contribution in [0.2, 0.25) is 0 Å². The molecule has 1 aromatic carbocycles. The van der Waals surface area contributed by atoms with Gasteiger partial charge >= 0.3 is 5.97 Å². The van der Waals surface area contributed by atoms with E-state index in [4.69, 9.17) is 4.74 Å². The van der Waals surface area contributed by atoms with E-state index in [9.17, 15) is 4.79 Å². The van der Waals surface area contributed by atoms with Crippen LogP contribution in [0, 0.1) is 11.3 Å². The van der Waals surface area contributed by atoms with Gasteiger partial charge in [0.15, 0.2) is 0 Å². The largest absolute Gasteiger partial charge is 0.465 e. The number of esters is 1. The number of anilines is 1. The molecule has 98 valence electrons. The lowest BCUT2D eigenvalue weighted by atomic mass is 9.75. The lowest BCUT2D eigenvalue weighted by Crippen LogP contribution is -2.33. The van der Waals surface area contributed by atoms with Gasteiger partial charge in [0.1, 0.15) is 0 Å². The molecule has 1 aliphatic rings. The highest BCUT2D eigenvalue weighted by atomic mass is 16.5. The molecule has 0 bridgehead atoms. The fourth-order valence-electron chi connectivity index (χ4n) is 2.36. The van der Waals surface area contributed by atoms with Gasteiger partial charge < -0.3 is 10.1 Å². The van der Waals surface area contributed by atoms with Crippen LogP contribution >= 0.6 is 0 Å². The van der Waals surface area contributed by atoms with Crippen LogP contribution < -0.4 is 5.32 Å². The van der Waals surface area contributed by atoms with E-state index in [1.807, 2.05) is 18.2 Å². The second-order valence-corrected chi connectivity index (χ2v) is 6.01. The Bertz CT molecular complexity index is 460. The molecule has 2 rings (SSSR count). The minimum atomic E-state index is -0.268. The molecule has 0 fully saturated rings. The lowest BCUT2D eigenvalue weighted by Gasteiger charge is -2.35. The number of hydrogen-bond acceptors (Lipinski definition) is 3. The number of ether oxygens (including phenoxy) is 1. The Morgan fingerprint density at radius 1 is 1.39 bits per heavy atom. The molecule has 0 saturated carbocycles. The molecule has 1 heterocycles. The number of nitrogens with one attached hydrogen (secondary N) is 1. The normalized spacial score (nSPS) is 18.8. The Kier molecular flexibility index (Phi) is 3.33. The molecule has 1 atom stereocenters. The van der Waals surface area contributed by atoms with E-state index < -0.39 is 0 Å². The molecule has 1 aliphatic heterocycles. The van der Waals surface area contributed by atoms with Crippen LogP contribution in [0.4, 0.5) is 5.69 Å². The Morgan fingerprint density at radius 2 is 2.11 bits per heavy atom. The van der Waals surface area contributed by atoms with Crippen molar-refractivity contribution in [3.05, 3.63) is 29.3 Å². The maximum absolute atomic E-state index is 11.5. The average molecular weight is 247 g/mol. The first-order valence-corrected chi connectivity index (χ1v) is 6.37. The summed E-state index contributed by atoms with van der Waals surface area (Å²) >= 11 is 0. The number of rotatable bonds is 1. The molecule has 0 amide bonds. The summed E-state index contributed by atoms with van der Waals surface area (Å²) in [5, 5.41) is 3.45. The molecule has 0 aromatic heterocycles. The molecule has 0 aliphatic carbocycles. The molecule has 3 nitrogen and oxygen atoms in total. The zero-order chi connectivity index (χ0) is 13.3. The van der Waals surface area contributed by atoms with Crippen LogP contribution in [0.25, 0.3) is 0 Å². The molecule has 1 aromatic rings. The van der Waals surface area contributed by atoms with Gasteiger partial charge in [-0.15, -0.1) is 0 Å². The highest BCUT2D eigenvalue weighted by Crippen LogP contribution is 2.35. The average Bonchev–Trinajstić information content (AvgIpc) is 2.35. The Labute approximate surface area is 109 Å². The summed E-state index contributed by atoms with van der Waals surface area (Å²) in [6.07, 6.45) is 1.01. The maximum atomic E-state index is 11.5. The van der Waals surface area contributed by atoms with E-state index in [-0.39, 0.29) is 11.4 Å². The molecular weight excluding hydrogens is 226 g/mol. The molecule has 0 spiro atoms. The van der Waals surface area contributed by atoms with E-state index in [1.165, 1.54) is 12.7 Å². The van der Waals surface area contributed by atoms with Gasteiger partial charge in [0.2, 0.25) is 0 Å². The molecule has 1 N–H and O–H groups in total. The van der Waals surface area contributed by atoms with Crippen molar-refractivity contribution in [3.63, 3.8) is 0 Å². The monoisotopic (exact) mass is 247 g/mol.